The van der Waals surface area contributed by atoms with Crippen LogP contribution in [0.3, 0.4) is 0 Å². The van der Waals surface area contributed by atoms with Crippen molar-refractivity contribution in [2.24, 2.45) is 0 Å². The third kappa shape index (κ3) is 1.45. The number of nitriles is 1. The van der Waals surface area contributed by atoms with Gasteiger partial charge in [0.25, 0.3) is 0 Å². The first-order valence-electron chi connectivity index (χ1n) is 3.48. The molecule has 0 unspecified atom stereocenters. The summed E-state index contributed by atoms with van der Waals surface area (Å²) in [5.74, 6) is 0.428. The zero-order valence-corrected chi connectivity index (χ0v) is 7.07. The van der Waals surface area contributed by atoms with Gasteiger partial charge in [0.05, 0.1) is 11.3 Å². The van der Waals surface area contributed by atoms with E-state index >= 15 is 0 Å². The number of nitrogens with zero attached hydrogens (tertiary/aromatic N) is 3. The van der Waals surface area contributed by atoms with Gasteiger partial charge in [0, 0.05) is 26.4 Å². The molecule has 0 bridgehead atoms. The minimum absolute atomic E-state index is 0.428. The highest BCUT2D eigenvalue weighted by molar-refractivity contribution is 5.61. The van der Waals surface area contributed by atoms with E-state index in [1.807, 2.05) is 25.1 Å². The van der Waals surface area contributed by atoms with Crippen LogP contribution in [0.2, 0.25) is 0 Å². The summed E-state index contributed by atoms with van der Waals surface area (Å²) in [4.78, 5) is 5.65. The Hall–Kier alpha value is -1.76. The Bertz CT molecular complexity index is 324. The molecule has 1 aromatic rings. The highest BCUT2D eigenvalue weighted by atomic mass is 15.1. The highest BCUT2D eigenvalue weighted by Gasteiger charge is 2.04. The average Bonchev–Trinajstić information content (AvgIpc) is 2.04. The minimum Gasteiger partial charge on any atom is -0.384 e. The molecule has 0 radical (unpaired) electrons. The van der Waals surface area contributed by atoms with Gasteiger partial charge in [-0.05, 0) is 0 Å². The molecule has 1 rings (SSSR count). The summed E-state index contributed by atoms with van der Waals surface area (Å²) in [5, 5.41) is 8.70. The maximum atomic E-state index is 8.70. The van der Waals surface area contributed by atoms with Gasteiger partial charge in [-0.3, -0.25) is 0 Å². The third-order valence-corrected chi connectivity index (χ3v) is 1.51. The minimum atomic E-state index is 0.428. The van der Waals surface area contributed by atoms with Crippen LogP contribution in [0.5, 0.6) is 0 Å². The van der Waals surface area contributed by atoms with Gasteiger partial charge >= 0.3 is 0 Å². The highest BCUT2D eigenvalue weighted by Crippen LogP contribution is 2.18. The van der Waals surface area contributed by atoms with Crippen molar-refractivity contribution >= 4 is 11.5 Å². The number of hydrogen-bond donors (Lipinski definition) is 1. The fraction of sp³-hybridized carbons (Fsp3) is 0.250. The molecule has 0 fully saturated rings. The van der Waals surface area contributed by atoms with Crippen molar-refractivity contribution in [3.63, 3.8) is 0 Å². The van der Waals surface area contributed by atoms with Crippen molar-refractivity contribution in [1.29, 1.82) is 5.26 Å². The zero-order valence-electron chi connectivity index (χ0n) is 7.07. The third-order valence-electron chi connectivity index (χ3n) is 1.51. The number of nitrogen functional groups attached to an aromatic ring is 1. The van der Waals surface area contributed by atoms with Crippen LogP contribution >= 0.6 is 0 Å². The number of nitrogens with two attached hydrogens (primary N) is 1. The van der Waals surface area contributed by atoms with Gasteiger partial charge in [0.2, 0.25) is 0 Å². The molecule has 0 saturated carbocycles. The summed E-state index contributed by atoms with van der Waals surface area (Å²) in [6.45, 7) is 0. The summed E-state index contributed by atoms with van der Waals surface area (Å²) in [6.07, 6.45) is 1.48. The quantitative estimate of drug-likeness (QED) is 0.656. The molecule has 0 saturated heterocycles. The topological polar surface area (TPSA) is 65.9 Å². The fourth-order valence-corrected chi connectivity index (χ4v) is 0.916. The van der Waals surface area contributed by atoms with Crippen molar-refractivity contribution in [3.8, 4) is 6.07 Å². The molecular formula is C8H10N4. The van der Waals surface area contributed by atoms with E-state index < -0.39 is 0 Å². The summed E-state index contributed by atoms with van der Waals surface area (Å²) < 4.78 is 0. The Labute approximate surface area is 71.2 Å². The average molecular weight is 162 g/mol. The van der Waals surface area contributed by atoms with E-state index in [4.69, 9.17) is 11.0 Å². The van der Waals surface area contributed by atoms with Gasteiger partial charge in [0.15, 0.2) is 0 Å². The SMILES string of the molecule is CN(C)c1cc(N)ncc1C#N. The van der Waals surface area contributed by atoms with Crippen molar-refractivity contribution in [3.05, 3.63) is 17.8 Å². The first kappa shape index (κ1) is 8.34. The molecule has 1 heterocycles. The van der Waals surface area contributed by atoms with E-state index in [0.29, 0.717) is 11.4 Å². The summed E-state index contributed by atoms with van der Waals surface area (Å²) in [7, 11) is 3.71. The number of anilines is 2. The van der Waals surface area contributed by atoms with Crippen LogP contribution in [-0.2, 0) is 0 Å². The molecule has 0 aliphatic heterocycles. The van der Waals surface area contributed by atoms with Crippen molar-refractivity contribution in [2.75, 3.05) is 24.7 Å². The standard InChI is InChI=1S/C8H10N4/c1-12(2)7-3-8(10)11-5-6(7)4-9/h3,5H,1-2H3,(H2,10,11). The Balaban J connectivity index is 3.24. The van der Waals surface area contributed by atoms with Crippen LogP contribution in [0.25, 0.3) is 0 Å². The maximum absolute atomic E-state index is 8.70. The molecule has 0 aliphatic carbocycles. The van der Waals surface area contributed by atoms with Crippen LogP contribution in [0, 0.1) is 11.3 Å². The second-order valence-corrected chi connectivity index (χ2v) is 2.63. The fourth-order valence-electron chi connectivity index (χ4n) is 0.916. The van der Waals surface area contributed by atoms with Crippen LogP contribution in [-0.4, -0.2) is 19.1 Å². The molecule has 2 N–H and O–H groups in total. The van der Waals surface area contributed by atoms with E-state index in [0.717, 1.165) is 5.69 Å². The van der Waals surface area contributed by atoms with Crippen LogP contribution < -0.4 is 10.6 Å². The van der Waals surface area contributed by atoms with Crippen molar-refractivity contribution < 1.29 is 0 Å². The van der Waals surface area contributed by atoms with E-state index in [1.54, 1.807) is 6.07 Å². The van der Waals surface area contributed by atoms with E-state index in [2.05, 4.69) is 4.98 Å². The van der Waals surface area contributed by atoms with Crippen LogP contribution in [0.4, 0.5) is 11.5 Å². The first-order chi connectivity index (χ1) is 5.65. The zero-order chi connectivity index (χ0) is 9.14. The lowest BCUT2D eigenvalue weighted by atomic mass is 10.2. The van der Waals surface area contributed by atoms with Crippen LogP contribution in [0.15, 0.2) is 12.3 Å². The van der Waals surface area contributed by atoms with Crippen molar-refractivity contribution in [1.82, 2.24) is 4.98 Å². The van der Waals surface area contributed by atoms with E-state index in [9.17, 15) is 0 Å². The molecule has 4 nitrogen and oxygen atoms in total. The molecular weight excluding hydrogens is 152 g/mol. The number of hydrogen-bond acceptors (Lipinski definition) is 4. The summed E-state index contributed by atoms with van der Waals surface area (Å²) >= 11 is 0. The normalized spacial score (nSPS) is 9.08. The Morgan fingerprint density at radius 3 is 2.75 bits per heavy atom. The van der Waals surface area contributed by atoms with Gasteiger partial charge in [0.1, 0.15) is 11.9 Å². The smallest absolute Gasteiger partial charge is 0.125 e. The van der Waals surface area contributed by atoms with E-state index in [1.165, 1.54) is 6.20 Å². The molecule has 4 heteroatoms. The van der Waals surface area contributed by atoms with Crippen molar-refractivity contribution in [2.45, 2.75) is 0 Å². The number of pyridine rings is 1. The molecule has 0 aromatic carbocycles. The lowest BCUT2D eigenvalue weighted by Gasteiger charge is -2.13. The molecule has 1 aromatic heterocycles. The number of rotatable bonds is 1. The van der Waals surface area contributed by atoms with Gasteiger partial charge in [-0.25, -0.2) is 4.98 Å². The lowest BCUT2D eigenvalue weighted by Crippen LogP contribution is -2.11. The molecule has 0 aliphatic rings. The molecule has 0 amide bonds. The van der Waals surface area contributed by atoms with Gasteiger partial charge < -0.3 is 10.6 Å². The molecule has 0 atom stereocenters. The van der Waals surface area contributed by atoms with E-state index in [-0.39, 0.29) is 0 Å². The predicted molar refractivity (Wildman–Crippen MR) is 47.7 cm³/mol. The Kier molecular flexibility index (Phi) is 2.15. The Morgan fingerprint density at radius 2 is 2.25 bits per heavy atom. The monoisotopic (exact) mass is 162 g/mol. The van der Waals surface area contributed by atoms with Gasteiger partial charge in [-0.1, -0.05) is 0 Å². The Morgan fingerprint density at radius 1 is 1.58 bits per heavy atom. The second kappa shape index (κ2) is 3.09. The molecule has 62 valence electrons. The van der Waals surface area contributed by atoms with Crippen LogP contribution in [0.1, 0.15) is 5.56 Å². The first-order valence-corrected chi connectivity index (χ1v) is 3.48. The van der Waals surface area contributed by atoms with Gasteiger partial charge in [-0.15, -0.1) is 0 Å². The second-order valence-electron chi connectivity index (χ2n) is 2.63. The predicted octanol–water partition coefficient (Wildman–Crippen LogP) is 0.601. The maximum Gasteiger partial charge on any atom is 0.125 e. The lowest BCUT2D eigenvalue weighted by molar-refractivity contribution is 1.11. The molecule has 12 heavy (non-hydrogen) atoms. The van der Waals surface area contributed by atoms with Gasteiger partial charge in [-0.2, -0.15) is 5.26 Å². The summed E-state index contributed by atoms with van der Waals surface area (Å²) in [6, 6.07) is 3.72. The summed E-state index contributed by atoms with van der Waals surface area (Å²) in [5.41, 5.74) is 6.81. The molecule has 0 spiro atoms. The largest absolute Gasteiger partial charge is 0.384 e. The number of aromatic nitrogens is 1.